The predicted octanol–water partition coefficient (Wildman–Crippen LogP) is -1.46. The summed E-state index contributed by atoms with van der Waals surface area (Å²) in [5, 5.41) is 0. The first-order chi connectivity index (χ1) is 0. The average molecular weight is 338 g/mol. The van der Waals surface area contributed by atoms with Crippen LogP contribution in [0.3, 0.4) is 0 Å². The molecule has 0 aliphatic heterocycles. The predicted molar refractivity (Wildman–Crippen MR) is 11.3 cm³/mol. The maximum atomic E-state index is 0. The Hall–Kier alpha value is 1.94. The first-order valence-corrected chi connectivity index (χ1v) is 0. The van der Waals surface area contributed by atoms with Gasteiger partial charge in [0.25, 0.3) is 0 Å². The molecule has 0 atom stereocenters. The van der Waals surface area contributed by atoms with Crippen molar-refractivity contribution in [3.8, 4) is 0 Å². The van der Waals surface area contributed by atoms with Crippen LogP contribution in [0.5, 0.6) is 0 Å². The summed E-state index contributed by atoms with van der Waals surface area (Å²) in [6.45, 7) is 0. The number of hydrogen-bond acceptors (Lipinski definition) is 0. The van der Waals surface area contributed by atoms with Crippen molar-refractivity contribution in [2.75, 3.05) is 0 Å². The maximum absolute atomic E-state index is 0. The minimum absolute atomic E-state index is 0. The van der Waals surface area contributed by atoms with Crippen LogP contribution in [0.4, 0.5) is 0 Å². The fourth-order valence-electron chi connectivity index (χ4n) is 0. The van der Waals surface area contributed by atoms with Gasteiger partial charge in [-0.2, -0.15) is 0 Å². The van der Waals surface area contributed by atoms with Crippen LogP contribution in [-0.4, -0.2) is 11.0 Å². The molecular formula is H4CoCrPtSi. The van der Waals surface area contributed by atoms with Crippen LogP contribution in [-0.2, 0) is 55.2 Å². The van der Waals surface area contributed by atoms with Crippen LogP contribution in [0.15, 0.2) is 0 Å². The molecule has 0 saturated carbocycles. The fraction of sp³-hybridized carbons (Fsp3) is 0. The molecule has 33 valence electrons. The van der Waals surface area contributed by atoms with E-state index in [1.54, 1.807) is 0 Å². The summed E-state index contributed by atoms with van der Waals surface area (Å²) < 4.78 is 0. The molecule has 0 saturated heterocycles. The molecule has 4 heavy (non-hydrogen) atoms. The van der Waals surface area contributed by atoms with Crippen LogP contribution in [0.1, 0.15) is 0 Å². The SMILES string of the molecule is [Co].[Cr].[Pt].[SiH4]. The van der Waals surface area contributed by atoms with Crippen LogP contribution in [0, 0.1) is 0 Å². The average Bonchev–Trinajstić information content (AvgIpc) is 0. The molecule has 0 amide bonds. The van der Waals surface area contributed by atoms with E-state index < -0.39 is 0 Å². The Kier molecular flexibility index (Phi) is 196. The third-order valence-electron chi connectivity index (χ3n) is 0. The molecule has 4 heteroatoms. The molecule has 0 nitrogen and oxygen atoms in total. The minimum Gasteiger partial charge on any atom is -0.0149 e. The third-order valence-corrected chi connectivity index (χ3v) is 0. The standard InChI is InChI=1S/Co.Cr.Pt.H4Si/h;;;1H4. The van der Waals surface area contributed by atoms with E-state index in [2.05, 4.69) is 0 Å². The first kappa shape index (κ1) is 38.4. The maximum Gasteiger partial charge on any atom is 0 e. The second kappa shape index (κ2) is 20.3. The van der Waals surface area contributed by atoms with Gasteiger partial charge in [-0.1, -0.05) is 0 Å². The van der Waals surface area contributed by atoms with Gasteiger partial charge >= 0.3 is 0 Å². The Morgan fingerprint density at radius 2 is 1.00 bits per heavy atom. The van der Waals surface area contributed by atoms with Gasteiger partial charge in [0.15, 0.2) is 0 Å². The van der Waals surface area contributed by atoms with Crippen molar-refractivity contribution < 1.29 is 55.2 Å². The van der Waals surface area contributed by atoms with Crippen molar-refractivity contribution >= 4 is 11.0 Å². The summed E-state index contributed by atoms with van der Waals surface area (Å²) in [7, 11) is 0. The van der Waals surface area contributed by atoms with E-state index in [0.29, 0.717) is 0 Å². The van der Waals surface area contributed by atoms with E-state index in [1.165, 1.54) is 0 Å². The van der Waals surface area contributed by atoms with Gasteiger partial charge < -0.3 is 0 Å². The van der Waals surface area contributed by atoms with Gasteiger partial charge in [-0.15, -0.1) is 0 Å². The van der Waals surface area contributed by atoms with Crippen molar-refractivity contribution in [3.63, 3.8) is 0 Å². The van der Waals surface area contributed by atoms with E-state index >= 15 is 0 Å². The summed E-state index contributed by atoms with van der Waals surface area (Å²) in [6.07, 6.45) is 0. The van der Waals surface area contributed by atoms with Crippen LogP contribution in [0.2, 0.25) is 0 Å². The van der Waals surface area contributed by atoms with Crippen molar-refractivity contribution in [3.05, 3.63) is 0 Å². The Morgan fingerprint density at radius 1 is 1.00 bits per heavy atom. The Bertz CT molecular complexity index is 8.00. The second-order valence-corrected chi connectivity index (χ2v) is 0. The molecule has 0 fully saturated rings. The van der Waals surface area contributed by atoms with E-state index in [4.69, 9.17) is 0 Å². The van der Waals surface area contributed by atoms with Gasteiger partial charge in [0.2, 0.25) is 0 Å². The Balaban J connectivity index is 0. The zero-order chi connectivity index (χ0) is 0. The van der Waals surface area contributed by atoms with Crippen molar-refractivity contribution in [2.45, 2.75) is 0 Å². The second-order valence-electron chi connectivity index (χ2n) is 0. The van der Waals surface area contributed by atoms with Gasteiger partial charge in [0.1, 0.15) is 0 Å². The molecule has 0 bridgehead atoms. The molecule has 0 heterocycles. The monoisotopic (exact) mass is 338 g/mol. The molecule has 0 aliphatic rings. The smallest absolute Gasteiger partial charge is 0 e. The van der Waals surface area contributed by atoms with E-state index in [-0.39, 0.29) is 66.2 Å². The molecule has 0 aromatic rings. The zero-order valence-corrected chi connectivity index (χ0v) is 5.65. The molecular weight excluding hydrogens is 334 g/mol. The van der Waals surface area contributed by atoms with Gasteiger partial charge in [0.05, 0.1) is 0 Å². The van der Waals surface area contributed by atoms with Gasteiger partial charge in [-0.25, -0.2) is 0 Å². The van der Waals surface area contributed by atoms with Gasteiger partial charge in [-0.05, 0) is 11.0 Å². The zero-order valence-electron chi connectivity index (χ0n) is 1.06. The first-order valence-electron chi connectivity index (χ1n) is 0. The summed E-state index contributed by atoms with van der Waals surface area (Å²) >= 11 is 0. The summed E-state index contributed by atoms with van der Waals surface area (Å²) in [5.74, 6) is 0. The molecule has 0 unspecified atom stereocenters. The van der Waals surface area contributed by atoms with Crippen LogP contribution in [0.25, 0.3) is 0 Å². The minimum atomic E-state index is 0. The molecule has 1 radical (unpaired) electrons. The van der Waals surface area contributed by atoms with Crippen molar-refractivity contribution in [1.82, 2.24) is 0 Å². The van der Waals surface area contributed by atoms with Crippen LogP contribution >= 0.6 is 0 Å². The number of rotatable bonds is 0. The summed E-state index contributed by atoms with van der Waals surface area (Å²) in [6, 6.07) is 0. The normalized spacial score (nSPS) is 0. The molecule has 0 N–H and O–H groups in total. The quantitative estimate of drug-likeness (QED) is 0.474. The Morgan fingerprint density at radius 3 is 1.00 bits per heavy atom. The van der Waals surface area contributed by atoms with Crippen molar-refractivity contribution in [1.29, 1.82) is 0 Å². The summed E-state index contributed by atoms with van der Waals surface area (Å²) in [4.78, 5) is 0. The van der Waals surface area contributed by atoms with Crippen molar-refractivity contribution in [2.24, 2.45) is 0 Å². The topological polar surface area (TPSA) is 0 Å². The molecule has 0 rings (SSSR count). The van der Waals surface area contributed by atoms with E-state index in [0.717, 1.165) is 0 Å². The van der Waals surface area contributed by atoms with Gasteiger partial charge in [0, 0.05) is 55.2 Å². The third kappa shape index (κ3) is 9.05. The molecule has 0 aromatic heterocycles. The van der Waals surface area contributed by atoms with E-state index in [1.807, 2.05) is 0 Å². The Labute approximate surface area is 65.7 Å². The number of hydrogen-bond donors (Lipinski definition) is 0. The largest absolute Gasteiger partial charge is 0.0149 e. The van der Waals surface area contributed by atoms with Gasteiger partial charge in [-0.3, -0.25) is 0 Å². The molecule has 0 spiro atoms. The fourth-order valence-corrected chi connectivity index (χ4v) is 0. The molecule has 0 aliphatic carbocycles. The van der Waals surface area contributed by atoms with E-state index in [9.17, 15) is 0 Å². The molecule has 0 aromatic carbocycles. The summed E-state index contributed by atoms with van der Waals surface area (Å²) in [5.41, 5.74) is 0. The van der Waals surface area contributed by atoms with Crippen LogP contribution < -0.4 is 0 Å².